The van der Waals surface area contributed by atoms with Crippen molar-refractivity contribution in [2.75, 3.05) is 14.1 Å². The second-order valence-electron chi connectivity index (χ2n) is 4.59. The Morgan fingerprint density at radius 2 is 1.61 bits per heavy atom. The fourth-order valence-corrected chi connectivity index (χ4v) is 1.80. The van der Waals surface area contributed by atoms with Crippen molar-refractivity contribution < 1.29 is 4.57 Å². The third kappa shape index (κ3) is 2.98. The van der Waals surface area contributed by atoms with E-state index in [2.05, 4.69) is 73.2 Å². The highest BCUT2D eigenvalue weighted by Crippen LogP contribution is 2.09. The van der Waals surface area contributed by atoms with Gasteiger partial charge in [0.05, 0.1) is 26.5 Å². The van der Waals surface area contributed by atoms with E-state index in [0.29, 0.717) is 0 Å². The van der Waals surface area contributed by atoms with Gasteiger partial charge in [0.15, 0.2) is 0 Å². The van der Waals surface area contributed by atoms with Crippen molar-refractivity contribution in [3.05, 3.63) is 66.0 Å². The molecule has 0 N–H and O–H groups in total. The van der Waals surface area contributed by atoms with E-state index in [1.165, 1.54) is 11.1 Å². The maximum atomic E-state index is 2.18. The smallest absolute Gasteiger partial charge is 0.267 e. The molecule has 1 heterocycles. The largest absolute Gasteiger partial charge is 0.281 e. The lowest BCUT2D eigenvalue weighted by Crippen LogP contribution is -2.38. The Morgan fingerprint density at radius 3 is 2.17 bits per heavy atom. The quantitative estimate of drug-likeness (QED) is 0.747. The van der Waals surface area contributed by atoms with Gasteiger partial charge in [-0.1, -0.05) is 35.9 Å². The average Bonchev–Trinajstić information content (AvgIpc) is 2.38. The number of rotatable bonds is 3. The normalized spacial score (nSPS) is 11.4. The van der Waals surface area contributed by atoms with Crippen LogP contribution in [0.3, 0.4) is 0 Å². The van der Waals surface area contributed by atoms with E-state index >= 15 is 0 Å². The first kappa shape index (κ1) is 12.4. The molecule has 2 heteroatoms. The number of aryl methyl sites for hydroxylation is 1. The van der Waals surface area contributed by atoms with Crippen LogP contribution < -0.4 is 4.57 Å². The first-order chi connectivity index (χ1) is 8.66. The molecule has 0 fully saturated rings. The third-order valence-electron chi connectivity index (χ3n) is 2.81. The molecule has 0 aliphatic heterocycles. The first-order valence-corrected chi connectivity index (χ1v) is 6.09. The fourth-order valence-electron chi connectivity index (χ4n) is 1.80. The maximum absolute atomic E-state index is 2.18. The molecule has 18 heavy (non-hydrogen) atoms. The average molecular weight is 239 g/mol. The zero-order chi connectivity index (χ0) is 13.0. The number of hydrogen-bond acceptors (Lipinski definition) is 1. The monoisotopic (exact) mass is 239 g/mol. The Balaban J connectivity index is 2.39. The summed E-state index contributed by atoms with van der Waals surface area (Å²) in [4.78, 5) is 2.11. The highest BCUT2D eigenvalue weighted by atomic mass is 15.2. The molecule has 0 amide bonds. The summed E-state index contributed by atoms with van der Waals surface area (Å²) in [6, 6.07) is 14.6. The van der Waals surface area contributed by atoms with Gasteiger partial charge in [-0.05, 0) is 24.6 Å². The summed E-state index contributed by atoms with van der Waals surface area (Å²) in [6.45, 7) is 2.10. The molecule has 2 rings (SSSR count). The Kier molecular flexibility index (Phi) is 3.78. The molecule has 0 saturated carbocycles. The molecule has 0 unspecified atom stereocenters. The van der Waals surface area contributed by atoms with E-state index in [-0.39, 0.29) is 0 Å². The van der Waals surface area contributed by atoms with Crippen molar-refractivity contribution in [1.29, 1.82) is 0 Å². The highest BCUT2D eigenvalue weighted by molar-refractivity contribution is 5.64. The van der Waals surface area contributed by atoms with Crippen molar-refractivity contribution in [1.82, 2.24) is 4.90 Å². The summed E-state index contributed by atoms with van der Waals surface area (Å²) in [6.07, 6.45) is 6.29. The molecular weight excluding hydrogens is 220 g/mol. The van der Waals surface area contributed by atoms with E-state index in [1.807, 2.05) is 18.2 Å². The number of benzene rings is 1. The van der Waals surface area contributed by atoms with Crippen LogP contribution in [0.25, 0.3) is 11.9 Å². The fraction of sp³-hybridized carbons (Fsp3) is 0.188. The Hall–Kier alpha value is -2.09. The van der Waals surface area contributed by atoms with Crippen LogP contribution in [0.15, 0.2) is 54.9 Å². The van der Waals surface area contributed by atoms with E-state index in [0.717, 1.165) is 5.82 Å². The first-order valence-electron chi connectivity index (χ1n) is 6.09. The molecule has 92 valence electrons. The van der Waals surface area contributed by atoms with Gasteiger partial charge in [0, 0.05) is 6.08 Å². The predicted molar refractivity (Wildman–Crippen MR) is 75.7 cm³/mol. The molecule has 2 aromatic rings. The zero-order valence-corrected chi connectivity index (χ0v) is 11.2. The van der Waals surface area contributed by atoms with Gasteiger partial charge in [-0.15, -0.1) is 0 Å². The maximum Gasteiger partial charge on any atom is 0.281 e. The van der Waals surface area contributed by atoms with E-state index in [1.54, 1.807) is 0 Å². The second-order valence-corrected chi connectivity index (χ2v) is 4.59. The van der Waals surface area contributed by atoms with Crippen molar-refractivity contribution >= 4 is 11.9 Å². The summed E-state index contributed by atoms with van der Waals surface area (Å²) in [5, 5.41) is 0. The second kappa shape index (κ2) is 5.50. The van der Waals surface area contributed by atoms with Crippen molar-refractivity contribution in [2.45, 2.75) is 6.92 Å². The number of pyridine rings is 1. The van der Waals surface area contributed by atoms with Gasteiger partial charge < -0.3 is 0 Å². The molecular formula is C16H19N2+. The lowest BCUT2D eigenvalue weighted by Gasteiger charge is -2.10. The van der Waals surface area contributed by atoms with Crippen LogP contribution in [0.5, 0.6) is 0 Å². The molecule has 0 aliphatic rings. The van der Waals surface area contributed by atoms with Crippen LogP contribution in [-0.4, -0.2) is 19.0 Å². The predicted octanol–water partition coefficient (Wildman–Crippen LogP) is 2.80. The molecule has 0 radical (unpaired) electrons. The highest BCUT2D eigenvalue weighted by Gasteiger charge is 2.10. The minimum atomic E-state index is 1.14. The van der Waals surface area contributed by atoms with Crippen LogP contribution in [0, 0.1) is 6.92 Å². The van der Waals surface area contributed by atoms with Gasteiger partial charge in [-0.3, -0.25) is 4.90 Å². The van der Waals surface area contributed by atoms with Gasteiger partial charge in [0.25, 0.3) is 5.82 Å². The standard InChI is InChI=1S/C16H19N2/c1-14-7-9-15(10-8-14)13-16(17(2)3)18-11-5-4-6-12-18/h4-13H,1-3H3/q+1. The SMILES string of the molecule is Cc1ccc(C=C(N(C)C)[n+]2ccccc2)cc1. The Bertz CT molecular complexity index is 525. The van der Waals surface area contributed by atoms with Gasteiger partial charge >= 0.3 is 0 Å². The minimum Gasteiger partial charge on any atom is -0.267 e. The van der Waals surface area contributed by atoms with Gasteiger partial charge in [-0.25, -0.2) is 4.57 Å². The van der Waals surface area contributed by atoms with Crippen LogP contribution in [0.4, 0.5) is 0 Å². The van der Waals surface area contributed by atoms with Crippen molar-refractivity contribution in [3.8, 4) is 0 Å². The number of nitrogens with zero attached hydrogens (tertiary/aromatic N) is 2. The Labute approximate surface area is 109 Å². The van der Waals surface area contributed by atoms with Crippen LogP contribution in [-0.2, 0) is 0 Å². The summed E-state index contributed by atoms with van der Waals surface area (Å²) < 4.78 is 2.11. The van der Waals surface area contributed by atoms with E-state index < -0.39 is 0 Å². The van der Waals surface area contributed by atoms with E-state index in [9.17, 15) is 0 Å². The molecule has 0 aliphatic carbocycles. The summed E-state index contributed by atoms with van der Waals surface area (Å²) in [5.74, 6) is 1.14. The van der Waals surface area contributed by atoms with Gasteiger partial charge in [0.1, 0.15) is 0 Å². The van der Waals surface area contributed by atoms with Crippen LogP contribution in [0.2, 0.25) is 0 Å². The molecule has 0 atom stereocenters. The van der Waals surface area contributed by atoms with Crippen LogP contribution >= 0.6 is 0 Å². The number of aromatic nitrogens is 1. The molecule has 0 saturated heterocycles. The minimum absolute atomic E-state index is 1.14. The summed E-state index contributed by atoms with van der Waals surface area (Å²) in [7, 11) is 4.11. The van der Waals surface area contributed by atoms with Gasteiger partial charge in [0.2, 0.25) is 0 Å². The lowest BCUT2D eigenvalue weighted by molar-refractivity contribution is -0.590. The van der Waals surface area contributed by atoms with Crippen molar-refractivity contribution in [3.63, 3.8) is 0 Å². The lowest BCUT2D eigenvalue weighted by atomic mass is 10.1. The molecule has 1 aromatic heterocycles. The van der Waals surface area contributed by atoms with Crippen LogP contribution in [0.1, 0.15) is 11.1 Å². The molecule has 2 nitrogen and oxygen atoms in total. The zero-order valence-electron chi connectivity index (χ0n) is 11.2. The van der Waals surface area contributed by atoms with E-state index in [4.69, 9.17) is 0 Å². The molecule has 1 aromatic carbocycles. The van der Waals surface area contributed by atoms with Crippen molar-refractivity contribution in [2.24, 2.45) is 0 Å². The summed E-state index contributed by atoms with van der Waals surface area (Å²) >= 11 is 0. The topological polar surface area (TPSA) is 7.12 Å². The molecule has 0 spiro atoms. The Morgan fingerprint density at radius 1 is 1.00 bits per heavy atom. The third-order valence-corrected chi connectivity index (χ3v) is 2.81. The molecule has 0 bridgehead atoms. The van der Waals surface area contributed by atoms with Gasteiger partial charge in [-0.2, -0.15) is 0 Å². The summed E-state index contributed by atoms with van der Waals surface area (Å²) in [5.41, 5.74) is 2.49. The number of hydrogen-bond donors (Lipinski definition) is 0.